The maximum absolute atomic E-state index is 12.9. The molecule has 28 heavy (non-hydrogen) atoms. The largest absolute Gasteiger partial charge is 0.322 e. The molecule has 1 amide bonds. The van der Waals surface area contributed by atoms with Crippen LogP contribution in [-0.2, 0) is 10.0 Å². The highest BCUT2D eigenvalue weighted by atomic mass is 35.5. The van der Waals surface area contributed by atoms with Crippen molar-refractivity contribution in [3.8, 4) is 0 Å². The first kappa shape index (κ1) is 22.3. The third kappa shape index (κ3) is 4.70. The molecule has 2 aromatic rings. The summed E-state index contributed by atoms with van der Waals surface area (Å²) in [5, 5.41) is 5.93. The number of carbonyl (C=O) groups is 1. The number of nitrogens with one attached hydrogen (secondary N) is 2. The maximum atomic E-state index is 12.9. The van der Waals surface area contributed by atoms with Crippen molar-refractivity contribution in [3.63, 3.8) is 0 Å². The fourth-order valence-corrected chi connectivity index (χ4v) is 4.72. The first-order chi connectivity index (χ1) is 12.8. The van der Waals surface area contributed by atoms with Gasteiger partial charge in [0.25, 0.3) is 5.91 Å². The number of halogens is 2. The van der Waals surface area contributed by atoms with Crippen molar-refractivity contribution in [1.29, 1.82) is 0 Å². The van der Waals surface area contributed by atoms with E-state index in [4.69, 9.17) is 0 Å². The number of benzene rings is 2. The van der Waals surface area contributed by atoms with Gasteiger partial charge in [-0.1, -0.05) is 0 Å². The standard InChI is InChI=1S/C19H22FN3O3S.ClH/c1-13-14(2)23(12-11-21-13)27(25,26)18-9-7-17(8-10-18)22-19(24)15-3-5-16(20)6-4-15;/h3-10,13-14,21H,11-12H2,1-2H3,(H,22,24);1H. The summed E-state index contributed by atoms with van der Waals surface area (Å²) in [6.07, 6.45) is 0. The van der Waals surface area contributed by atoms with Crippen molar-refractivity contribution >= 4 is 34.0 Å². The molecule has 2 N–H and O–H groups in total. The lowest BCUT2D eigenvalue weighted by Crippen LogP contribution is -2.57. The third-order valence-corrected chi connectivity index (χ3v) is 6.80. The van der Waals surface area contributed by atoms with Gasteiger partial charge in [0.15, 0.2) is 0 Å². The smallest absolute Gasteiger partial charge is 0.255 e. The van der Waals surface area contributed by atoms with Crippen molar-refractivity contribution in [2.24, 2.45) is 0 Å². The topological polar surface area (TPSA) is 78.5 Å². The van der Waals surface area contributed by atoms with Gasteiger partial charge in [-0.3, -0.25) is 4.79 Å². The number of hydrogen-bond donors (Lipinski definition) is 2. The summed E-state index contributed by atoms with van der Waals surface area (Å²) in [6.45, 7) is 4.86. The van der Waals surface area contributed by atoms with Gasteiger partial charge in [0.1, 0.15) is 5.82 Å². The molecule has 2 unspecified atom stereocenters. The molecule has 1 heterocycles. The maximum Gasteiger partial charge on any atom is 0.255 e. The lowest BCUT2D eigenvalue weighted by Gasteiger charge is -2.37. The summed E-state index contributed by atoms with van der Waals surface area (Å²) in [5.74, 6) is -0.812. The molecule has 152 valence electrons. The van der Waals surface area contributed by atoms with Crippen LogP contribution in [0.15, 0.2) is 53.4 Å². The van der Waals surface area contributed by atoms with Crippen molar-refractivity contribution < 1.29 is 17.6 Å². The predicted molar refractivity (Wildman–Crippen MR) is 109 cm³/mol. The number of rotatable bonds is 4. The predicted octanol–water partition coefficient (Wildman–Crippen LogP) is 2.87. The SMILES string of the molecule is CC1NCCN(S(=O)(=O)c2ccc(NC(=O)c3ccc(F)cc3)cc2)C1C.Cl. The third-order valence-electron chi connectivity index (χ3n) is 4.80. The van der Waals surface area contributed by atoms with Gasteiger partial charge in [-0.25, -0.2) is 12.8 Å². The van der Waals surface area contributed by atoms with E-state index in [-0.39, 0.29) is 29.4 Å². The molecule has 0 aromatic heterocycles. The zero-order valence-electron chi connectivity index (χ0n) is 15.6. The molecular formula is C19H23ClFN3O3S. The Morgan fingerprint density at radius 2 is 1.71 bits per heavy atom. The van der Waals surface area contributed by atoms with E-state index in [0.29, 0.717) is 24.3 Å². The highest BCUT2D eigenvalue weighted by Gasteiger charge is 2.34. The zero-order valence-corrected chi connectivity index (χ0v) is 17.2. The second kappa shape index (κ2) is 9.00. The number of carbonyl (C=O) groups excluding carboxylic acids is 1. The van der Waals surface area contributed by atoms with Crippen LogP contribution in [0.3, 0.4) is 0 Å². The van der Waals surface area contributed by atoms with Gasteiger partial charge >= 0.3 is 0 Å². The summed E-state index contributed by atoms with van der Waals surface area (Å²) in [4.78, 5) is 12.4. The Hall–Kier alpha value is -2.00. The Bertz CT molecular complexity index is 920. The van der Waals surface area contributed by atoms with Gasteiger partial charge in [0.2, 0.25) is 10.0 Å². The molecule has 0 saturated carbocycles. The molecule has 9 heteroatoms. The van der Waals surface area contributed by atoms with Crippen LogP contribution in [-0.4, -0.2) is 43.8 Å². The molecule has 6 nitrogen and oxygen atoms in total. The van der Waals surface area contributed by atoms with E-state index in [1.807, 2.05) is 13.8 Å². The van der Waals surface area contributed by atoms with Crippen molar-refractivity contribution in [1.82, 2.24) is 9.62 Å². The van der Waals surface area contributed by atoms with Crippen molar-refractivity contribution in [3.05, 3.63) is 59.9 Å². The van der Waals surface area contributed by atoms with Gasteiger partial charge in [-0.05, 0) is 62.4 Å². The van der Waals surface area contributed by atoms with Crippen LogP contribution in [0.25, 0.3) is 0 Å². The van der Waals surface area contributed by atoms with Gasteiger partial charge in [-0.2, -0.15) is 4.31 Å². The Balaban J connectivity index is 0.00000280. The molecule has 0 bridgehead atoms. The van der Waals surface area contributed by atoms with Crippen LogP contribution in [0.4, 0.5) is 10.1 Å². The van der Waals surface area contributed by atoms with Gasteiger partial charge in [0, 0.05) is 36.4 Å². The second-order valence-electron chi connectivity index (χ2n) is 6.58. The molecule has 1 fully saturated rings. The molecule has 2 atom stereocenters. The molecule has 2 aromatic carbocycles. The number of nitrogens with zero attached hydrogens (tertiary/aromatic N) is 1. The normalized spacial score (nSPS) is 20.2. The van der Waals surface area contributed by atoms with Crippen LogP contribution >= 0.6 is 12.4 Å². The highest BCUT2D eigenvalue weighted by Crippen LogP contribution is 2.23. The molecule has 0 spiro atoms. The summed E-state index contributed by atoms with van der Waals surface area (Å²) in [6, 6.07) is 11.2. The summed E-state index contributed by atoms with van der Waals surface area (Å²) in [5.41, 5.74) is 0.779. The monoisotopic (exact) mass is 427 g/mol. The molecular weight excluding hydrogens is 405 g/mol. The van der Waals surface area contributed by atoms with Gasteiger partial charge in [0.05, 0.1) is 4.90 Å². The van der Waals surface area contributed by atoms with Crippen molar-refractivity contribution in [2.75, 3.05) is 18.4 Å². The number of piperazine rings is 1. The second-order valence-corrected chi connectivity index (χ2v) is 8.48. The number of sulfonamides is 1. The molecule has 0 radical (unpaired) electrons. The first-order valence-electron chi connectivity index (χ1n) is 8.71. The van der Waals surface area contributed by atoms with E-state index in [2.05, 4.69) is 10.6 Å². The lowest BCUT2D eigenvalue weighted by atomic mass is 10.1. The molecule has 1 aliphatic rings. The minimum absolute atomic E-state index is 0. The first-order valence-corrected chi connectivity index (χ1v) is 10.2. The zero-order chi connectivity index (χ0) is 19.6. The lowest BCUT2D eigenvalue weighted by molar-refractivity contribution is 0.102. The van der Waals surface area contributed by atoms with Crippen LogP contribution in [0.1, 0.15) is 24.2 Å². The van der Waals surface area contributed by atoms with Gasteiger partial charge < -0.3 is 10.6 Å². The van der Waals surface area contributed by atoms with Crippen LogP contribution < -0.4 is 10.6 Å². The Morgan fingerprint density at radius 1 is 1.11 bits per heavy atom. The van der Waals surface area contributed by atoms with E-state index >= 15 is 0 Å². The molecule has 0 aliphatic carbocycles. The average Bonchev–Trinajstić information content (AvgIpc) is 2.65. The number of hydrogen-bond acceptors (Lipinski definition) is 4. The van der Waals surface area contributed by atoms with E-state index in [1.165, 1.54) is 40.7 Å². The Kier molecular flexibility index (Phi) is 7.16. The van der Waals surface area contributed by atoms with E-state index in [0.717, 1.165) is 0 Å². The van der Waals surface area contributed by atoms with Crippen LogP contribution in [0, 0.1) is 5.82 Å². The van der Waals surface area contributed by atoms with E-state index < -0.39 is 21.7 Å². The molecule has 1 saturated heterocycles. The summed E-state index contributed by atoms with van der Waals surface area (Å²) in [7, 11) is -3.61. The average molecular weight is 428 g/mol. The Labute approximate surface area is 170 Å². The minimum atomic E-state index is -3.61. The fraction of sp³-hybridized carbons (Fsp3) is 0.316. The molecule has 3 rings (SSSR count). The van der Waals surface area contributed by atoms with Crippen LogP contribution in [0.2, 0.25) is 0 Å². The molecule has 1 aliphatic heterocycles. The van der Waals surface area contributed by atoms with Crippen molar-refractivity contribution in [2.45, 2.75) is 30.8 Å². The highest BCUT2D eigenvalue weighted by molar-refractivity contribution is 7.89. The van der Waals surface area contributed by atoms with E-state index in [9.17, 15) is 17.6 Å². The fourth-order valence-electron chi connectivity index (χ4n) is 3.02. The van der Waals surface area contributed by atoms with E-state index in [1.54, 1.807) is 12.1 Å². The minimum Gasteiger partial charge on any atom is -0.322 e. The van der Waals surface area contributed by atoms with Crippen LogP contribution in [0.5, 0.6) is 0 Å². The number of amides is 1. The summed E-state index contributed by atoms with van der Waals surface area (Å²) < 4.78 is 40.3. The van der Waals surface area contributed by atoms with Gasteiger partial charge in [-0.15, -0.1) is 12.4 Å². The number of anilines is 1. The Morgan fingerprint density at radius 3 is 2.32 bits per heavy atom. The quantitative estimate of drug-likeness (QED) is 0.786. The summed E-state index contributed by atoms with van der Waals surface area (Å²) >= 11 is 0.